The monoisotopic (exact) mass is 473 g/mol. The first-order chi connectivity index (χ1) is 15.1. The maximum Gasteiger partial charge on any atom is 0.355 e. The zero-order chi connectivity index (χ0) is 21.5. The first-order valence-corrected chi connectivity index (χ1v) is 11.0. The summed E-state index contributed by atoms with van der Waals surface area (Å²) < 4.78 is 7.72. The van der Waals surface area contributed by atoms with E-state index in [0.717, 1.165) is 33.8 Å². The summed E-state index contributed by atoms with van der Waals surface area (Å²) in [5, 5.41) is 1.31. The van der Waals surface area contributed by atoms with Crippen LogP contribution in [0.2, 0.25) is 0 Å². The van der Waals surface area contributed by atoms with Gasteiger partial charge in [-0.1, -0.05) is 70.5 Å². The third kappa shape index (κ3) is 3.20. The number of aryl methyl sites for hydroxylation is 1. The summed E-state index contributed by atoms with van der Waals surface area (Å²) in [6.07, 6.45) is 1.63. The maximum atomic E-state index is 13.8. The first-order valence-electron chi connectivity index (χ1n) is 10.2. The average Bonchev–Trinajstić information content (AvgIpc) is 3.22. The van der Waals surface area contributed by atoms with Gasteiger partial charge in [-0.2, -0.15) is 0 Å². The van der Waals surface area contributed by atoms with Crippen LogP contribution in [0.1, 0.15) is 34.1 Å². The van der Waals surface area contributed by atoms with Gasteiger partial charge in [0.2, 0.25) is 0 Å². The molecule has 0 spiro atoms. The number of hydrogen-bond donors (Lipinski definition) is 0. The van der Waals surface area contributed by atoms with E-state index in [1.807, 2.05) is 60.7 Å². The molecule has 0 N–H and O–H groups in total. The summed E-state index contributed by atoms with van der Waals surface area (Å²) in [6.45, 7) is 0. The molecule has 0 radical (unpaired) electrons. The topological polar surface area (TPSA) is 48.3 Å². The molecule has 0 bridgehead atoms. The quantitative estimate of drug-likeness (QED) is 0.355. The van der Waals surface area contributed by atoms with E-state index in [0.29, 0.717) is 16.6 Å². The minimum atomic E-state index is -0.512. The molecule has 1 heterocycles. The summed E-state index contributed by atoms with van der Waals surface area (Å²) >= 11 is 3.52. The second kappa shape index (κ2) is 7.82. The smallest absolute Gasteiger partial charge is 0.355 e. The summed E-state index contributed by atoms with van der Waals surface area (Å²) in [6, 6.07) is 23.2. The average molecular weight is 474 g/mol. The number of fused-ring (bicyclic) bond motifs is 2. The minimum absolute atomic E-state index is 0.177. The van der Waals surface area contributed by atoms with Crippen LogP contribution in [0.3, 0.4) is 0 Å². The number of methoxy groups -OCH3 is 1. The van der Waals surface area contributed by atoms with Crippen LogP contribution in [-0.4, -0.2) is 17.6 Å². The zero-order valence-corrected chi connectivity index (χ0v) is 18.6. The van der Waals surface area contributed by atoms with Crippen LogP contribution >= 0.6 is 15.9 Å². The molecule has 1 aliphatic carbocycles. The fraction of sp³-hybridized carbons (Fsp3) is 0.154. The van der Waals surface area contributed by atoms with Crippen molar-refractivity contribution in [3.63, 3.8) is 0 Å². The number of pyridine rings is 1. The van der Waals surface area contributed by atoms with Crippen molar-refractivity contribution in [2.45, 2.75) is 18.9 Å². The highest BCUT2D eigenvalue weighted by Gasteiger charge is 2.32. The Hall–Kier alpha value is -3.18. The molecule has 5 rings (SSSR count). The molecule has 1 aliphatic rings. The van der Waals surface area contributed by atoms with E-state index in [9.17, 15) is 9.59 Å². The second-order valence-electron chi connectivity index (χ2n) is 7.70. The van der Waals surface area contributed by atoms with E-state index in [1.165, 1.54) is 12.7 Å². The van der Waals surface area contributed by atoms with Gasteiger partial charge < -0.3 is 4.74 Å². The van der Waals surface area contributed by atoms with Crippen molar-refractivity contribution in [2.24, 2.45) is 0 Å². The summed E-state index contributed by atoms with van der Waals surface area (Å²) in [7, 11) is 1.36. The fourth-order valence-electron chi connectivity index (χ4n) is 4.68. The fourth-order valence-corrected chi connectivity index (χ4v) is 5.04. The Labute approximate surface area is 188 Å². The van der Waals surface area contributed by atoms with Gasteiger partial charge in [0.15, 0.2) is 0 Å². The van der Waals surface area contributed by atoms with Crippen molar-refractivity contribution < 1.29 is 9.53 Å². The molecule has 4 nitrogen and oxygen atoms in total. The molecular formula is C26H20BrNO3. The molecule has 0 fully saturated rings. The van der Waals surface area contributed by atoms with Gasteiger partial charge in [-0.15, -0.1) is 0 Å². The van der Waals surface area contributed by atoms with Gasteiger partial charge in [0.05, 0.1) is 13.2 Å². The number of carbonyl (C=O) groups excluding carboxylic acids is 1. The standard InChI is InChI=1S/C26H20BrNO3/c1-31-26(30)24-23(17-8-3-2-4-9-17)21-15-18(27)12-13-20(21)25(29)28(24)22-14-11-16-7-5-6-10-19(16)22/h2-10,12-13,15,22H,11,14H2,1H3. The summed E-state index contributed by atoms with van der Waals surface area (Å²) in [5.41, 5.74) is 4.01. The molecule has 0 saturated carbocycles. The van der Waals surface area contributed by atoms with Crippen LogP contribution < -0.4 is 5.56 Å². The lowest BCUT2D eigenvalue weighted by atomic mass is 9.95. The van der Waals surface area contributed by atoms with Crippen molar-refractivity contribution in [1.82, 2.24) is 4.57 Å². The van der Waals surface area contributed by atoms with Crippen molar-refractivity contribution in [2.75, 3.05) is 7.11 Å². The highest BCUT2D eigenvalue weighted by molar-refractivity contribution is 9.10. The Balaban J connectivity index is 1.95. The molecule has 4 aromatic rings. The lowest BCUT2D eigenvalue weighted by molar-refractivity contribution is 0.0586. The molecule has 0 saturated heterocycles. The molecule has 1 aromatic heterocycles. The van der Waals surface area contributed by atoms with Gasteiger partial charge in [-0.3, -0.25) is 9.36 Å². The lowest BCUT2D eigenvalue weighted by Crippen LogP contribution is -2.31. The van der Waals surface area contributed by atoms with E-state index in [-0.39, 0.29) is 11.6 Å². The zero-order valence-electron chi connectivity index (χ0n) is 17.0. The Bertz CT molecular complexity index is 1380. The number of nitrogens with zero attached hydrogens (tertiary/aromatic N) is 1. The molecule has 0 amide bonds. The van der Waals surface area contributed by atoms with E-state index >= 15 is 0 Å². The van der Waals surface area contributed by atoms with Crippen molar-refractivity contribution in [3.8, 4) is 11.1 Å². The molecular weight excluding hydrogens is 454 g/mol. The third-order valence-corrected chi connectivity index (χ3v) is 6.53. The van der Waals surface area contributed by atoms with Crippen LogP contribution in [0.15, 0.2) is 82.1 Å². The number of aromatic nitrogens is 1. The van der Waals surface area contributed by atoms with Crippen LogP contribution in [0.25, 0.3) is 21.9 Å². The van der Waals surface area contributed by atoms with E-state index < -0.39 is 5.97 Å². The van der Waals surface area contributed by atoms with E-state index in [1.54, 1.807) is 4.57 Å². The first kappa shape index (κ1) is 19.8. The predicted molar refractivity (Wildman–Crippen MR) is 126 cm³/mol. The van der Waals surface area contributed by atoms with Gasteiger partial charge in [-0.05, 0) is 53.1 Å². The Morgan fingerprint density at radius 3 is 2.52 bits per heavy atom. The summed E-state index contributed by atoms with van der Waals surface area (Å²) in [5.74, 6) is -0.512. The van der Waals surface area contributed by atoms with Crippen molar-refractivity contribution >= 4 is 32.7 Å². The second-order valence-corrected chi connectivity index (χ2v) is 8.62. The van der Waals surface area contributed by atoms with E-state index in [2.05, 4.69) is 28.1 Å². The number of rotatable bonds is 3. The van der Waals surface area contributed by atoms with Gasteiger partial charge in [0.1, 0.15) is 5.69 Å². The van der Waals surface area contributed by atoms with Gasteiger partial charge in [0.25, 0.3) is 5.56 Å². The third-order valence-electron chi connectivity index (χ3n) is 6.03. The lowest BCUT2D eigenvalue weighted by Gasteiger charge is -2.23. The van der Waals surface area contributed by atoms with Crippen molar-refractivity contribution in [3.05, 3.63) is 104 Å². The molecule has 1 unspecified atom stereocenters. The molecule has 0 aliphatic heterocycles. The number of esters is 1. The van der Waals surface area contributed by atoms with Crippen LogP contribution in [-0.2, 0) is 11.2 Å². The SMILES string of the molecule is COC(=O)c1c(-c2ccccc2)c2cc(Br)ccc2c(=O)n1C1CCc2ccccc21. The van der Waals surface area contributed by atoms with Gasteiger partial charge in [-0.25, -0.2) is 4.79 Å². The van der Waals surface area contributed by atoms with Crippen LogP contribution in [0, 0.1) is 0 Å². The Morgan fingerprint density at radius 2 is 1.74 bits per heavy atom. The number of benzene rings is 3. The number of halogens is 1. The highest BCUT2D eigenvalue weighted by atomic mass is 79.9. The molecule has 31 heavy (non-hydrogen) atoms. The molecule has 3 aromatic carbocycles. The Kier molecular flexibility index (Phi) is 4.98. The largest absolute Gasteiger partial charge is 0.464 e. The molecule has 5 heteroatoms. The predicted octanol–water partition coefficient (Wildman–Crippen LogP) is 5.75. The maximum absolute atomic E-state index is 13.8. The number of hydrogen-bond acceptors (Lipinski definition) is 3. The number of carbonyl (C=O) groups is 1. The Morgan fingerprint density at radius 1 is 1.00 bits per heavy atom. The number of ether oxygens (including phenoxy) is 1. The molecule has 154 valence electrons. The van der Waals surface area contributed by atoms with E-state index in [4.69, 9.17) is 4.74 Å². The summed E-state index contributed by atoms with van der Waals surface area (Å²) in [4.78, 5) is 27.0. The minimum Gasteiger partial charge on any atom is -0.464 e. The van der Waals surface area contributed by atoms with Gasteiger partial charge in [0, 0.05) is 15.4 Å². The van der Waals surface area contributed by atoms with Crippen molar-refractivity contribution in [1.29, 1.82) is 0 Å². The molecule has 1 atom stereocenters. The normalized spacial score (nSPS) is 15.1. The van der Waals surface area contributed by atoms with Gasteiger partial charge >= 0.3 is 5.97 Å². The van der Waals surface area contributed by atoms with Crippen LogP contribution in [0.4, 0.5) is 0 Å². The van der Waals surface area contributed by atoms with Crippen LogP contribution in [0.5, 0.6) is 0 Å². The highest BCUT2D eigenvalue weighted by Crippen LogP contribution is 2.39.